The SMILES string of the molecule is CC[C@H](C)[C@@H](NC(=O)OC(C)(C)C)[C@H](CC(=O)O)CC(C)(C)[Si](C)(C)O. The Morgan fingerprint density at radius 3 is 2.00 bits per heavy atom. The van der Waals surface area contributed by atoms with Crippen molar-refractivity contribution in [3.05, 3.63) is 0 Å². The van der Waals surface area contributed by atoms with Crippen molar-refractivity contribution in [2.75, 3.05) is 0 Å². The molecule has 0 spiro atoms. The van der Waals surface area contributed by atoms with Crippen LogP contribution in [0.15, 0.2) is 0 Å². The molecule has 0 aliphatic heterocycles. The van der Waals surface area contributed by atoms with E-state index in [0.29, 0.717) is 6.42 Å². The molecule has 0 aromatic heterocycles. The fourth-order valence-electron chi connectivity index (χ4n) is 2.88. The second-order valence-corrected chi connectivity index (χ2v) is 14.0. The number of aliphatic carboxylic acids is 1. The van der Waals surface area contributed by atoms with Crippen molar-refractivity contribution in [3.8, 4) is 0 Å². The summed E-state index contributed by atoms with van der Waals surface area (Å²) in [4.78, 5) is 34.4. The smallest absolute Gasteiger partial charge is 0.407 e. The van der Waals surface area contributed by atoms with E-state index in [1.54, 1.807) is 20.8 Å². The van der Waals surface area contributed by atoms with Gasteiger partial charge in [-0.3, -0.25) is 4.79 Å². The van der Waals surface area contributed by atoms with Crippen LogP contribution in [0.25, 0.3) is 0 Å². The summed E-state index contributed by atoms with van der Waals surface area (Å²) in [6.07, 6.45) is 0.742. The summed E-state index contributed by atoms with van der Waals surface area (Å²) in [5.74, 6) is -1.10. The zero-order valence-corrected chi connectivity index (χ0v) is 19.0. The average molecular weight is 390 g/mol. The molecule has 0 saturated heterocycles. The third-order valence-corrected chi connectivity index (χ3v) is 8.83. The van der Waals surface area contributed by atoms with Crippen LogP contribution in [-0.4, -0.2) is 41.9 Å². The lowest BCUT2D eigenvalue weighted by molar-refractivity contribution is -0.138. The van der Waals surface area contributed by atoms with E-state index < -0.39 is 26.0 Å². The molecule has 0 bridgehead atoms. The number of ether oxygens (including phenoxy) is 1. The molecule has 1 amide bonds. The summed E-state index contributed by atoms with van der Waals surface area (Å²) in [6, 6.07) is -0.332. The first-order valence-corrected chi connectivity index (χ1v) is 12.4. The summed E-state index contributed by atoms with van der Waals surface area (Å²) in [6.45, 7) is 17.1. The van der Waals surface area contributed by atoms with Crippen molar-refractivity contribution < 1.29 is 24.2 Å². The van der Waals surface area contributed by atoms with Crippen LogP contribution in [0.5, 0.6) is 0 Å². The van der Waals surface area contributed by atoms with Crippen LogP contribution in [0.1, 0.15) is 67.7 Å². The van der Waals surface area contributed by atoms with Gasteiger partial charge in [-0.1, -0.05) is 34.1 Å². The number of nitrogens with one attached hydrogen (secondary N) is 1. The van der Waals surface area contributed by atoms with E-state index in [1.165, 1.54) is 0 Å². The number of amides is 1. The highest BCUT2D eigenvalue weighted by Gasteiger charge is 2.42. The lowest BCUT2D eigenvalue weighted by atomic mass is 9.80. The van der Waals surface area contributed by atoms with Crippen molar-refractivity contribution >= 4 is 20.4 Å². The molecular weight excluding hydrogens is 350 g/mol. The second-order valence-electron chi connectivity index (χ2n) is 9.56. The number of rotatable bonds is 9. The molecule has 0 unspecified atom stereocenters. The Labute approximate surface area is 159 Å². The molecule has 7 heteroatoms. The third-order valence-electron chi connectivity index (χ3n) is 5.31. The minimum atomic E-state index is -2.50. The number of carbonyl (C=O) groups is 2. The van der Waals surface area contributed by atoms with E-state index in [0.717, 1.165) is 6.42 Å². The number of alkyl carbamates (subject to hydrolysis) is 1. The first-order chi connectivity index (χ1) is 11.5. The molecule has 26 heavy (non-hydrogen) atoms. The summed E-state index contributed by atoms with van der Waals surface area (Å²) in [5.41, 5.74) is -0.619. The summed E-state index contributed by atoms with van der Waals surface area (Å²) in [5, 5.41) is 11.9. The quantitative estimate of drug-likeness (QED) is 0.508. The lowest BCUT2D eigenvalue weighted by Crippen LogP contribution is -2.49. The Kier molecular flexibility index (Phi) is 8.83. The molecule has 0 radical (unpaired) electrons. The fourth-order valence-corrected chi connectivity index (χ4v) is 3.64. The maximum Gasteiger partial charge on any atom is 0.407 e. The summed E-state index contributed by atoms with van der Waals surface area (Å²) < 4.78 is 5.38. The molecule has 0 rings (SSSR count). The Morgan fingerprint density at radius 2 is 1.65 bits per heavy atom. The standard InChI is InChI=1S/C19H39NO5Si/c1-10-13(2)16(20-17(23)25-18(3,4)5)14(11-15(21)22)12-19(6,7)26(8,9)24/h13-14,16,24H,10-12H2,1-9H3,(H,20,23)(H,21,22)/t13-,14+,16+/m0/s1. The summed E-state index contributed by atoms with van der Waals surface area (Å²) in [7, 11) is -2.50. The van der Waals surface area contributed by atoms with Gasteiger partial charge in [0.05, 0.1) is 6.42 Å². The van der Waals surface area contributed by atoms with E-state index >= 15 is 0 Å². The van der Waals surface area contributed by atoms with Gasteiger partial charge in [-0.2, -0.15) is 0 Å². The van der Waals surface area contributed by atoms with Crippen LogP contribution in [-0.2, 0) is 9.53 Å². The topological polar surface area (TPSA) is 95.9 Å². The van der Waals surface area contributed by atoms with Crippen LogP contribution >= 0.6 is 0 Å². The van der Waals surface area contributed by atoms with E-state index in [4.69, 9.17) is 4.74 Å². The van der Waals surface area contributed by atoms with Crippen LogP contribution in [0.3, 0.4) is 0 Å². The molecule has 0 saturated carbocycles. The molecule has 0 heterocycles. The van der Waals surface area contributed by atoms with E-state index in [1.807, 2.05) is 40.8 Å². The van der Waals surface area contributed by atoms with Crippen molar-refractivity contribution in [2.24, 2.45) is 11.8 Å². The average Bonchev–Trinajstić information content (AvgIpc) is 2.39. The predicted octanol–water partition coefficient (Wildman–Crippen LogP) is 4.38. The zero-order chi connectivity index (χ0) is 20.9. The predicted molar refractivity (Wildman–Crippen MR) is 107 cm³/mol. The first kappa shape index (κ1) is 24.9. The van der Waals surface area contributed by atoms with Crippen molar-refractivity contribution in [1.82, 2.24) is 5.32 Å². The van der Waals surface area contributed by atoms with E-state index in [-0.39, 0.29) is 29.3 Å². The molecule has 0 fully saturated rings. The minimum absolute atomic E-state index is 0.0568. The summed E-state index contributed by atoms with van der Waals surface area (Å²) >= 11 is 0. The Hall–Kier alpha value is -1.08. The molecular formula is C19H39NO5Si. The van der Waals surface area contributed by atoms with Crippen molar-refractivity contribution in [3.63, 3.8) is 0 Å². The highest BCUT2D eigenvalue weighted by Crippen LogP contribution is 2.43. The van der Waals surface area contributed by atoms with Crippen molar-refractivity contribution in [2.45, 2.75) is 97.5 Å². The van der Waals surface area contributed by atoms with Crippen molar-refractivity contribution in [1.29, 1.82) is 0 Å². The van der Waals surface area contributed by atoms with E-state index in [2.05, 4.69) is 5.32 Å². The second kappa shape index (κ2) is 9.22. The molecule has 3 N–H and O–H groups in total. The number of hydrogen-bond donors (Lipinski definition) is 3. The maximum absolute atomic E-state index is 12.3. The molecule has 0 aromatic rings. The van der Waals surface area contributed by atoms with Crippen LogP contribution in [0.4, 0.5) is 4.79 Å². The van der Waals surface area contributed by atoms with Gasteiger partial charge in [-0.05, 0) is 57.2 Å². The number of carbonyl (C=O) groups excluding carboxylic acids is 1. The van der Waals surface area contributed by atoms with Gasteiger partial charge in [-0.15, -0.1) is 0 Å². The van der Waals surface area contributed by atoms with Crippen LogP contribution in [0.2, 0.25) is 18.1 Å². The highest BCUT2D eigenvalue weighted by molar-refractivity contribution is 6.72. The minimum Gasteiger partial charge on any atom is -0.481 e. The van der Waals surface area contributed by atoms with Gasteiger partial charge in [0.15, 0.2) is 8.32 Å². The Morgan fingerprint density at radius 1 is 1.15 bits per heavy atom. The van der Waals surface area contributed by atoms with Gasteiger partial charge in [0.2, 0.25) is 0 Å². The van der Waals surface area contributed by atoms with Gasteiger partial charge < -0.3 is 20.0 Å². The normalized spacial score (nSPS) is 16.5. The number of carboxylic acid groups (broad SMARTS) is 1. The van der Waals surface area contributed by atoms with E-state index in [9.17, 15) is 19.5 Å². The molecule has 0 aliphatic carbocycles. The largest absolute Gasteiger partial charge is 0.481 e. The Bertz CT molecular complexity index is 479. The highest BCUT2D eigenvalue weighted by atomic mass is 28.4. The zero-order valence-electron chi connectivity index (χ0n) is 18.0. The molecule has 0 aliphatic rings. The first-order valence-electron chi connectivity index (χ1n) is 9.44. The van der Waals surface area contributed by atoms with Gasteiger partial charge in [0, 0.05) is 6.04 Å². The number of carboxylic acids is 1. The molecule has 0 aromatic carbocycles. The monoisotopic (exact) mass is 389 g/mol. The number of hydrogen-bond acceptors (Lipinski definition) is 4. The molecule has 6 nitrogen and oxygen atoms in total. The fraction of sp³-hybridized carbons (Fsp3) is 0.895. The maximum atomic E-state index is 12.3. The van der Waals surface area contributed by atoms with Crippen LogP contribution < -0.4 is 5.32 Å². The molecule has 154 valence electrons. The van der Waals surface area contributed by atoms with Gasteiger partial charge in [0.1, 0.15) is 5.60 Å². The van der Waals surface area contributed by atoms with Gasteiger partial charge in [0.25, 0.3) is 0 Å². The van der Waals surface area contributed by atoms with Gasteiger partial charge >= 0.3 is 12.1 Å². The van der Waals surface area contributed by atoms with Gasteiger partial charge in [-0.25, -0.2) is 4.79 Å². The molecule has 3 atom stereocenters. The Balaban J connectivity index is 5.62. The third kappa shape index (κ3) is 8.53. The lowest BCUT2D eigenvalue weighted by Gasteiger charge is -2.41. The van der Waals surface area contributed by atoms with Crippen LogP contribution in [0, 0.1) is 11.8 Å².